The first-order valence-corrected chi connectivity index (χ1v) is 19.4. The summed E-state index contributed by atoms with van der Waals surface area (Å²) in [5.41, 5.74) is 6.01. The highest BCUT2D eigenvalue weighted by molar-refractivity contribution is 7.80. The van der Waals surface area contributed by atoms with E-state index in [0.717, 1.165) is 71.1 Å². The molecule has 8 nitrogen and oxygen atoms in total. The van der Waals surface area contributed by atoms with Crippen molar-refractivity contribution < 1.29 is 27.2 Å². The lowest BCUT2D eigenvalue weighted by atomic mass is 9.43. The van der Waals surface area contributed by atoms with Gasteiger partial charge < -0.3 is 20.9 Å². The Bertz CT molecular complexity index is 1150. The normalized spacial score (nSPS) is 41.6. The molecule has 0 radical (unpaired) electrons. The maximum atomic E-state index is 11.6. The highest BCUT2D eigenvalue weighted by Gasteiger charge is 2.63. The molecule has 0 aromatic rings. The van der Waals surface area contributed by atoms with Crippen LogP contribution < -0.4 is 16.4 Å². The van der Waals surface area contributed by atoms with Crippen LogP contribution in [0.2, 0.25) is 0 Å². The van der Waals surface area contributed by atoms with Gasteiger partial charge in [0.05, 0.1) is 12.2 Å². The molecule has 0 aromatic heterocycles. The zero-order chi connectivity index (χ0) is 35.5. The van der Waals surface area contributed by atoms with Crippen LogP contribution in [0.1, 0.15) is 124 Å². The number of unbranched alkanes of at least 4 members (excludes halogenated alkanes) is 1. The molecule has 10 heteroatoms. The SMILES string of the molecule is [2H]C([2H])([2H])C([2H])(C)C(CC[C@@H](C)[C@H]1CCC2C3C(CC[C@@]21C)[C@@]1(C)CC[C@H](NCCCNCCCCN)C[C@@H]1C[C@H]3OP)OS(=O)(=O)O. The first-order valence-electron chi connectivity index (χ1n) is 19.5. The summed E-state index contributed by atoms with van der Waals surface area (Å²) in [6.07, 6.45) is 12.0. The summed E-state index contributed by atoms with van der Waals surface area (Å²) in [6.45, 7) is 9.51. The van der Waals surface area contributed by atoms with Crippen LogP contribution in [-0.4, -0.2) is 57.4 Å². The van der Waals surface area contributed by atoms with Gasteiger partial charge in [-0.05, 0) is 162 Å². The zero-order valence-corrected chi connectivity index (χ0v) is 29.8. The van der Waals surface area contributed by atoms with Crippen LogP contribution in [0.15, 0.2) is 0 Å². The highest BCUT2D eigenvalue weighted by atomic mass is 32.3. The van der Waals surface area contributed by atoms with E-state index < -0.39 is 29.2 Å². The van der Waals surface area contributed by atoms with Crippen LogP contribution in [0.25, 0.3) is 0 Å². The van der Waals surface area contributed by atoms with E-state index in [4.69, 9.17) is 19.9 Å². The average molecular weight is 664 g/mol. The molecule has 0 spiro atoms. The minimum Gasteiger partial charge on any atom is -0.362 e. The minimum absolute atomic E-state index is 0.0697. The standard InChI is InChI=1S/C34H66N3O5PS/c1-23(2)30(42-44(38,39)40)12-9-24(3)27-10-11-28-32-29(14-16-34(27,28)5)33(4)15-13-26(21-25(33)22-31(32)41-43)37-20-8-19-36-18-7-6-17-35/h23-32,36-37H,6-22,35,43H2,1-5H3,(H,38,39,40)/t24-,25-,26+,27-,28?,29?,30?,31-,32?,33+,34-/m1/s1/i1D3,23D/t23?,24-,25-,26+,27-,28?,29?,30?,31-,32?,33+,34-. The fourth-order valence-electron chi connectivity index (χ4n) is 10.6. The predicted molar refractivity (Wildman–Crippen MR) is 182 cm³/mol. The molecule has 5 N–H and O–H groups in total. The molecule has 0 aromatic carbocycles. The Morgan fingerprint density at radius 1 is 1.02 bits per heavy atom. The Balaban J connectivity index is 1.38. The fraction of sp³-hybridized carbons (Fsp3) is 1.00. The summed E-state index contributed by atoms with van der Waals surface area (Å²) in [7, 11) is -2.31. The summed E-state index contributed by atoms with van der Waals surface area (Å²) in [5.74, 6) is 0.694. The second kappa shape index (κ2) is 16.0. The van der Waals surface area contributed by atoms with E-state index in [-0.39, 0.29) is 23.9 Å². The summed E-state index contributed by atoms with van der Waals surface area (Å²) in [4.78, 5) is 0. The maximum absolute atomic E-state index is 11.6. The summed E-state index contributed by atoms with van der Waals surface area (Å²) < 4.78 is 75.8. The molecular weight excluding hydrogens is 593 g/mol. The van der Waals surface area contributed by atoms with Gasteiger partial charge >= 0.3 is 10.4 Å². The first kappa shape index (κ1) is 31.4. The quantitative estimate of drug-likeness (QED) is 0.0805. The molecule has 0 aliphatic heterocycles. The van der Waals surface area contributed by atoms with Crippen molar-refractivity contribution in [1.82, 2.24) is 10.6 Å². The molecule has 4 saturated carbocycles. The van der Waals surface area contributed by atoms with E-state index in [2.05, 4.69) is 40.9 Å². The molecule has 4 rings (SSSR count). The molecule has 4 fully saturated rings. The largest absolute Gasteiger partial charge is 0.397 e. The van der Waals surface area contributed by atoms with Gasteiger partial charge in [-0.25, -0.2) is 4.18 Å². The van der Waals surface area contributed by atoms with Gasteiger partial charge in [0.15, 0.2) is 0 Å². The van der Waals surface area contributed by atoms with Crippen molar-refractivity contribution in [1.29, 1.82) is 0 Å². The Labute approximate surface area is 277 Å². The predicted octanol–water partition coefficient (Wildman–Crippen LogP) is 6.37. The first-order chi connectivity index (χ1) is 22.4. The third-order valence-electron chi connectivity index (χ3n) is 13.0. The van der Waals surface area contributed by atoms with Crippen LogP contribution >= 0.6 is 9.47 Å². The van der Waals surface area contributed by atoms with Crippen LogP contribution in [0.4, 0.5) is 0 Å². The number of hydrogen-bond donors (Lipinski definition) is 4. The molecule has 0 amide bonds. The molecular formula is C34H66N3O5PS. The number of nitrogens with two attached hydrogens (primary N) is 1. The Morgan fingerprint density at radius 3 is 2.45 bits per heavy atom. The monoisotopic (exact) mass is 663 g/mol. The number of hydrogen-bond acceptors (Lipinski definition) is 7. The van der Waals surface area contributed by atoms with E-state index in [0.29, 0.717) is 47.5 Å². The van der Waals surface area contributed by atoms with Crippen LogP contribution in [-0.2, 0) is 19.1 Å². The highest BCUT2D eigenvalue weighted by Crippen LogP contribution is 2.69. The van der Waals surface area contributed by atoms with Crippen molar-refractivity contribution in [3.05, 3.63) is 0 Å². The molecule has 4 aliphatic rings. The maximum Gasteiger partial charge on any atom is 0.397 e. The van der Waals surface area contributed by atoms with Crippen LogP contribution in [0.5, 0.6) is 0 Å². The molecule has 13 atom stereocenters. The van der Waals surface area contributed by atoms with Gasteiger partial charge in [-0.1, -0.05) is 34.5 Å². The van der Waals surface area contributed by atoms with Gasteiger partial charge in [-0.3, -0.25) is 4.55 Å². The van der Waals surface area contributed by atoms with Crippen molar-refractivity contribution >= 4 is 19.9 Å². The Hall–Kier alpha value is 0.140. The third kappa shape index (κ3) is 8.59. The topological polar surface area (TPSA) is 123 Å². The Morgan fingerprint density at radius 2 is 1.75 bits per heavy atom. The second-order valence-electron chi connectivity index (χ2n) is 15.4. The number of rotatable bonds is 17. The van der Waals surface area contributed by atoms with Gasteiger partial charge in [0, 0.05) is 21.0 Å². The van der Waals surface area contributed by atoms with Crippen LogP contribution in [0, 0.1) is 52.2 Å². The van der Waals surface area contributed by atoms with Gasteiger partial charge in [0.25, 0.3) is 0 Å². The van der Waals surface area contributed by atoms with E-state index >= 15 is 0 Å². The lowest BCUT2D eigenvalue weighted by Gasteiger charge is -2.63. The number of fused-ring (bicyclic) bond motifs is 5. The second-order valence-corrected chi connectivity index (χ2v) is 16.7. The lowest BCUT2D eigenvalue weighted by molar-refractivity contribution is -0.157. The molecule has 0 heterocycles. The van der Waals surface area contributed by atoms with E-state index in [9.17, 15) is 13.0 Å². The van der Waals surface area contributed by atoms with Crippen molar-refractivity contribution in [2.45, 2.75) is 136 Å². The molecule has 0 bridgehead atoms. The summed E-state index contributed by atoms with van der Waals surface area (Å²) in [5, 5.41) is 7.42. The fourth-order valence-corrected chi connectivity index (χ4v) is 11.5. The van der Waals surface area contributed by atoms with Crippen molar-refractivity contribution in [3.8, 4) is 0 Å². The van der Waals surface area contributed by atoms with Gasteiger partial charge in [-0.2, -0.15) is 8.42 Å². The molecule has 44 heavy (non-hydrogen) atoms. The average Bonchev–Trinajstić information content (AvgIpc) is 3.36. The third-order valence-corrected chi connectivity index (χ3v) is 13.8. The van der Waals surface area contributed by atoms with Gasteiger partial charge in [-0.15, -0.1) is 0 Å². The smallest absolute Gasteiger partial charge is 0.362 e. The number of nitrogens with one attached hydrogen (secondary N) is 2. The van der Waals surface area contributed by atoms with Crippen molar-refractivity contribution in [3.63, 3.8) is 0 Å². The van der Waals surface area contributed by atoms with Gasteiger partial charge in [0.1, 0.15) is 0 Å². The zero-order valence-electron chi connectivity index (χ0n) is 31.9. The van der Waals surface area contributed by atoms with E-state index in [1.54, 1.807) is 0 Å². The molecule has 6 unspecified atom stereocenters. The van der Waals surface area contributed by atoms with Crippen molar-refractivity contribution in [2.75, 3.05) is 26.2 Å². The molecule has 0 saturated heterocycles. The molecule has 258 valence electrons. The Kier molecular flexibility index (Phi) is 11.4. The van der Waals surface area contributed by atoms with Crippen molar-refractivity contribution in [2.24, 2.45) is 58.0 Å². The van der Waals surface area contributed by atoms with E-state index in [1.807, 2.05) is 0 Å². The molecule has 4 aliphatic carbocycles. The summed E-state index contributed by atoms with van der Waals surface area (Å²) >= 11 is 0. The van der Waals surface area contributed by atoms with E-state index in [1.165, 1.54) is 32.6 Å². The van der Waals surface area contributed by atoms with Crippen LogP contribution in [0.3, 0.4) is 0 Å². The summed E-state index contributed by atoms with van der Waals surface area (Å²) in [6, 6.07) is 0.567. The van der Waals surface area contributed by atoms with Gasteiger partial charge in [0.2, 0.25) is 0 Å². The minimum atomic E-state index is -4.91. The lowest BCUT2D eigenvalue weighted by Crippen LogP contribution is -2.59.